The number of aryl methyl sites for hydroxylation is 4. The van der Waals surface area contributed by atoms with E-state index in [-0.39, 0.29) is 5.91 Å². The van der Waals surface area contributed by atoms with Gasteiger partial charge in [-0.25, -0.2) is 0 Å². The van der Waals surface area contributed by atoms with Crippen LogP contribution in [0.4, 0.5) is 5.69 Å². The Balaban J connectivity index is 1.66. The molecule has 1 aromatic heterocycles. The summed E-state index contributed by atoms with van der Waals surface area (Å²) >= 11 is 1.44. The topological polar surface area (TPSA) is 38.3 Å². The van der Waals surface area contributed by atoms with Crippen LogP contribution in [0.3, 0.4) is 0 Å². The highest BCUT2D eigenvalue weighted by Gasteiger charge is 2.12. The Morgan fingerprint density at radius 3 is 2.31 bits per heavy atom. The average Bonchev–Trinajstić information content (AvgIpc) is 3.05. The SMILES string of the molecule is Cc1cc(C)cc(OCc2csc(C(=O)Nc3c(C)cccc3C)c2)c1. The normalized spacial score (nSPS) is 10.6. The smallest absolute Gasteiger partial charge is 0.265 e. The van der Waals surface area contributed by atoms with E-state index in [2.05, 4.69) is 25.2 Å². The largest absolute Gasteiger partial charge is 0.489 e. The van der Waals surface area contributed by atoms with Gasteiger partial charge in [-0.1, -0.05) is 24.3 Å². The number of hydrogen-bond acceptors (Lipinski definition) is 3. The number of amides is 1. The van der Waals surface area contributed by atoms with Crippen LogP contribution in [0.2, 0.25) is 0 Å². The van der Waals surface area contributed by atoms with Crippen molar-refractivity contribution >= 4 is 22.9 Å². The average molecular weight is 365 g/mol. The van der Waals surface area contributed by atoms with Crippen molar-refractivity contribution in [3.05, 3.63) is 80.5 Å². The molecule has 0 radical (unpaired) electrons. The Kier molecular flexibility index (Phi) is 5.43. The molecule has 0 saturated heterocycles. The van der Waals surface area contributed by atoms with Crippen molar-refractivity contribution in [2.24, 2.45) is 0 Å². The van der Waals surface area contributed by atoms with Crippen LogP contribution in [0.25, 0.3) is 0 Å². The van der Waals surface area contributed by atoms with E-state index in [9.17, 15) is 4.79 Å². The van der Waals surface area contributed by atoms with Crippen molar-refractivity contribution in [3.8, 4) is 5.75 Å². The van der Waals surface area contributed by atoms with E-state index in [1.165, 1.54) is 22.5 Å². The molecule has 4 heteroatoms. The molecule has 1 N–H and O–H groups in total. The van der Waals surface area contributed by atoms with Crippen molar-refractivity contribution in [1.82, 2.24) is 0 Å². The van der Waals surface area contributed by atoms with Crippen LogP contribution < -0.4 is 10.1 Å². The Labute approximate surface area is 158 Å². The molecule has 3 nitrogen and oxygen atoms in total. The van der Waals surface area contributed by atoms with Crippen LogP contribution in [-0.4, -0.2) is 5.91 Å². The van der Waals surface area contributed by atoms with E-state index < -0.39 is 0 Å². The van der Waals surface area contributed by atoms with Crippen molar-refractivity contribution in [2.75, 3.05) is 5.32 Å². The van der Waals surface area contributed by atoms with Gasteiger partial charge in [0.1, 0.15) is 12.4 Å². The molecule has 0 aliphatic rings. The van der Waals surface area contributed by atoms with Crippen LogP contribution in [0, 0.1) is 27.7 Å². The third-order valence-electron chi connectivity index (χ3n) is 4.20. The van der Waals surface area contributed by atoms with Crippen LogP contribution >= 0.6 is 11.3 Å². The number of nitrogens with one attached hydrogen (secondary N) is 1. The van der Waals surface area contributed by atoms with Gasteiger partial charge in [-0.05, 0) is 73.5 Å². The Morgan fingerprint density at radius 2 is 1.65 bits per heavy atom. The van der Waals surface area contributed by atoms with Crippen LogP contribution in [0.1, 0.15) is 37.5 Å². The summed E-state index contributed by atoms with van der Waals surface area (Å²) in [5.41, 5.74) is 6.37. The zero-order valence-electron chi connectivity index (χ0n) is 15.6. The molecule has 0 aliphatic carbocycles. The van der Waals surface area contributed by atoms with Crippen LogP contribution in [0.15, 0.2) is 47.8 Å². The summed E-state index contributed by atoms with van der Waals surface area (Å²) in [5, 5.41) is 5.00. The lowest BCUT2D eigenvalue weighted by atomic mass is 10.1. The first-order chi connectivity index (χ1) is 12.4. The number of thiophene rings is 1. The summed E-state index contributed by atoms with van der Waals surface area (Å²) in [6, 6.07) is 14.1. The van der Waals surface area contributed by atoms with Gasteiger partial charge in [0.05, 0.1) is 4.88 Å². The number of hydrogen-bond donors (Lipinski definition) is 1. The number of ether oxygens (including phenoxy) is 1. The number of carbonyl (C=O) groups is 1. The summed E-state index contributed by atoms with van der Waals surface area (Å²) in [6.45, 7) is 8.57. The fourth-order valence-corrected chi connectivity index (χ4v) is 3.73. The number of carbonyl (C=O) groups excluding carboxylic acids is 1. The molecule has 1 amide bonds. The molecule has 0 unspecified atom stereocenters. The van der Waals surface area contributed by atoms with E-state index in [4.69, 9.17) is 4.74 Å². The minimum atomic E-state index is -0.0787. The van der Waals surface area contributed by atoms with Gasteiger partial charge in [0.2, 0.25) is 0 Å². The molecule has 0 aliphatic heterocycles. The number of para-hydroxylation sites is 1. The van der Waals surface area contributed by atoms with Gasteiger partial charge in [-0.15, -0.1) is 11.3 Å². The standard InChI is InChI=1S/C22H23NO2S/c1-14-8-15(2)10-19(9-14)25-12-18-11-20(26-13-18)22(24)23-21-16(3)6-5-7-17(21)4/h5-11,13H,12H2,1-4H3,(H,23,24). The zero-order valence-corrected chi connectivity index (χ0v) is 16.4. The van der Waals surface area contributed by atoms with Gasteiger partial charge in [-0.3, -0.25) is 4.79 Å². The molecule has 1 heterocycles. The Morgan fingerprint density at radius 1 is 1.00 bits per heavy atom. The fraction of sp³-hybridized carbons (Fsp3) is 0.227. The zero-order chi connectivity index (χ0) is 18.7. The minimum Gasteiger partial charge on any atom is -0.489 e. The minimum absolute atomic E-state index is 0.0787. The third-order valence-corrected chi connectivity index (χ3v) is 5.18. The van der Waals surface area contributed by atoms with Crippen molar-refractivity contribution in [1.29, 1.82) is 0 Å². The lowest BCUT2D eigenvalue weighted by molar-refractivity contribution is 0.103. The highest BCUT2D eigenvalue weighted by atomic mass is 32.1. The molecule has 0 atom stereocenters. The maximum Gasteiger partial charge on any atom is 0.265 e. The summed E-state index contributed by atoms with van der Waals surface area (Å²) < 4.78 is 5.88. The van der Waals surface area contributed by atoms with Crippen molar-refractivity contribution in [2.45, 2.75) is 34.3 Å². The van der Waals surface area contributed by atoms with Crippen molar-refractivity contribution in [3.63, 3.8) is 0 Å². The lowest BCUT2D eigenvalue weighted by Crippen LogP contribution is -2.12. The van der Waals surface area contributed by atoms with Gasteiger partial charge >= 0.3 is 0 Å². The second-order valence-corrected chi connectivity index (χ2v) is 7.56. The van der Waals surface area contributed by atoms with E-state index in [1.807, 2.05) is 55.6 Å². The molecule has 134 valence electrons. The Hall–Kier alpha value is -2.59. The molecule has 3 aromatic rings. The maximum atomic E-state index is 12.6. The Bertz CT molecular complexity index is 903. The molecule has 2 aromatic carbocycles. The third kappa shape index (κ3) is 4.33. The van der Waals surface area contributed by atoms with Gasteiger partial charge < -0.3 is 10.1 Å². The summed E-state index contributed by atoms with van der Waals surface area (Å²) in [5.74, 6) is 0.778. The maximum absolute atomic E-state index is 12.6. The molecule has 26 heavy (non-hydrogen) atoms. The molecule has 0 saturated carbocycles. The molecular weight excluding hydrogens is 342 g/mol. The van der Waals surface area contributed by atoms with Gasteiger partial charge in [0.15, 0.2) is 0 Å². The number of benzene rings is 2. The van der Waals surface area contributed by atoms with Crippen LogP contribution in [-0.2, 0) is 6.61 Å². The highest BCUT2D eigenvalue weighted by Crippen LogP contribution is 2.23. The van der Waals surface area contributed by atoms with Gasteiger partial charge in [-0.2, -0.15) is 0 Å². The van der Waals surface area contributed by atoms with E-state index in [1.54, 1.807) is 0 Å². The summed E-state index contributed by atoms with van der Waals surface area (Å²) in [7, 11) is 0. The monoisotopic (exact) mass is 365 g/mol. The first-order valence-electron chi connectivity index (χ1n) is 8.58. The lowest BCUT2D eigenvalue weighted by Gasteiger charge is -2.10. The van der Waals surface area contributed by atoms with E-state index in [0.717, 1.165) is 28.1 Å². The molecule has 0 fully saturated rings. The molecule has 0 spiro atoms. The fourth-order valence-electron chi connectivity index (χ4n) is 2.94. The number of rotatable bonds is 5. The first-order valence-corrected chi connectivity index (χ1v) is 9.46. The first kappa shape index (κ1) is 18.2. The van der Waals surface area contributed by atoms with Crippen LogP contribution in [0.5, 0.6) is 5.75 Å². The van der Waals surface area contributed by atoms with E-state index in [0.29, 0.717) is 11.5 Å². The summed E-state index contributed by atoms with van der Waals surface area (Å²) in [4.78, 5) is 13.2. The molecular formula is C22H23NO2S. The van der Waals surface area contributed by atoms with Gasteiger partial charge in [0, 0.05) is 11.3 Å². The van der Waals surface area contributed by atoms with Crippen molar-refractivity contribution < 1.29 is 9.53 Å². The van der Waals surface area contributed by atoms with E-state index >= 15 is 0 Å². The predicted molar refractivity (Wildman–Crippen MR) is 108 cm³/mol. The summed E-state index contributed by atoms with van der Waals surface area (Å²) in [6.07, 6.45) is 0. The molecule has 0 bridgehead atoms. The second-order valence-electron chi connectivity index (χ2n) is 6.65. The van der Waals surface area contributed by atoms with Gasteiger partial charge in [0.25, 0.3) is 5.91 Å². The number of anilines is 1. The second kappa shape index (κ2) is 7.75. The quantitative estimate of drug-likeness (QED) is 0.619. The molecule has 3 rings (SSSR count). The predicted octanol–water partition coefficient (Wildman–Crippen LogP) is 5.81. The highest BCUT2D eigenvalue weighted by molar-refractivity contribution is 7.12.